The Kier molecular flexibility index (Phi) is 8.83. The van der Waals surface area contributed by atoms with E-state index >= 15 is 0 Å². The number of nitrogens with zero attached hydrogens (tertiary/aromatic N) is 2. The Labute approximate surface area is 366 Å². The molecule has 0 amide bonds. The molecule has 0 atom stereocenters. The normalized spacial score (nSPS) is 11.5. The van der Waals surface area contributed by atoms with Crippen molar-refractivity contribution in [2.24, 2.45) is 0 Å². The van der Waals surface area contributed by atoms with E-state index in [1.165, 1.54) is 38.5 Å². The molecule has 63 heavy (non-hydrogen) atoms. The molecule has 0 spiro atoms. The number of benzene rings is 10. The molecule has 2 heterocycles. The number of rotatable bonds is 8. The molecule has 2 aromatic heterocycles. The van der Waals surface area contributed by atoms with Crippen molar-refractivity contribution in [3.8, 4) is 50.2 Å². The predicted octanol–water partition coefficient (Wildman–Crippen LogP) is 16.8. The van der Waals surface area contributed by atoms with Crippen LogP contribution in [0, 0.1) is 0 Å². The van der Waals surface area contributed by atoms with E-state index in [2.05, 4.69) is 246 Å². The molecule has 0 fully saturated rings. The molecule has 12 rings (SSSR count). The molecule has 12 aromatic rings. The van der Waals surface area contributed by atoms with Gasteiger partial charge in [0.15, 0.2) is 0 Å². The third-order valence-electron chi connectivity index (χ3n) is 12.4. The van der Waals surface area contributed by atoms with E-state index in [1.54, 1.807) is 0 Å². The summed E-state index contributed by atoms with van der Waals surface area (Å²) in [5.74, 6) is 0. The van der Waals surface area contributed by atoms with Gasteiger partial charge in [-0.1, -0.05) is 176 Å². The van der Waals surface area contributed by atoms with Crippen molar-refractivity contribution in [2.45, 2.75) is 0 Å². The first kappa shape index (κ1) is 36.5. The molecular formula is C60H40N2O. The quantitative estimate of drug-likeness (QED) is 0.153. The van der Waals surface area contributed by atoms with Gasteiger partial charge in [0.05, 0.1) is 11.0 Å². The smallest absolute Gasteiger partial charge is 0.143 e. The molecule has 0 aliphatic heterocycles. The lowest BCUT2D eigenvalue weighted by Crippen LogP contribution is -2.09. The summed E-state index contributed by atoms with van der Waals surface area (Å²) in [6.07, 6.45) is 0. The molecule has 3 nitrogen and oxygen atoms in total. The lowest BCUT2D eigenvalue weighted by atomic mass is 9.97. The Morgan fingerprint density at radius 2 is 0.762 bits per heavy atom. The van der Waals surface area contributed by atoms with Crippen molar-refractivity contribution in [3.63, 3.8) is 0 Å². The van der Waals surface area contributed by atoms with Crippen LogP contribution in [0.1, 0.15) is 0 Å². The van der Waals surface area contributed by atoms with Crippen LogP contribution in [0.25, 0.3) is 93.9 Å². The lowest BCUT2D eigenvalue weighted by molar-refractivity contribution is 0.670. The van der Waals surface area contributed by atoms with Crippen molar-refractivity contribution >= 4 is 60.8 Å². The van der Waals surface area contributed by atoms with Gasteiger partial charge in [-0.25, -0.2) is 0 Å². The van der Waals surface area contributed by atoms with E-state index in [0.717, 1.165) is 72.5 Å². The highest BCUT2D eigenvalue weighted by atomic mass is 16.3. The summed E-state index contributed by atoms with van der Waals surface area (Å²) in [6.45, 7) is 0. The summed E-state index contributed by atoms with van der Waals surface area (Å²) < 4.78 is 8.99. The predicted molar refractivity (Wildman–Crippen MR) is 264 cm³/mol. The summed E-state index contributed by atoms with van der Waals surface area (Å²) in [7, 11) is 0. The number of fused-ring (bicyclic) bond motifs is 6. The van der Waals surface area contributed by atoms with Gasteiger partial charge in [-0.3, -0.25) is 0 Å². The van der Waals surface area contributed by atoms with Crippen molar-refractivity contribution < 1.29 is 4.42 Å². The van der Waals surface area contributed by atoms with Gasteiger partial charge in [0.25, 0.3) is 0 Å². The molecule has 0 saturated heterocycles. The third-order valence-corrected chi connectivity index (χ3v) is 12.4. The molecule has 0 aliphatic rings. The molecule has 0 bridgehead atoms. The zero-order valence-corrected chi connectivity index (χ0v) is 34.4. The van der Waals surface area contributed by atoms with Gasteiger partial charge in [0.2, 0.25) is 0 Å². The van der Waals surface area contributed by atoms with E-state index in [9.17, 15) is 0 Å². The fourth-order valence-electron chi connectivity index (χ4n) is 9.43. The van der Waals surface area contributed by atoms with Crippen LogP contribution in [0.2, 0.25) is 0 Å². The lowest BCUT2D eigenvalue weighted by Gasteiger charge is -2.26. The van der Waals surface area contributed by atoms with E-state index in [-0.39, 0.29) is 0 Å². The van der Waals surface area contributed by atoms with Crippen LogP contribution in [0.3, 0.4) is 0 Å². The minimum absolute atomic E-state index is 0.885. The molecule has 0 N–H and O–H groups in total. The summed E-state index contributed by atoms with van der Waals surface area (Å²) >= 11 is 0. The Balaban J connectivity index is 0.925. The number of furan rings is 1. The first-order valence-electron chi connectivity index (χ1n) is 21.5. The second kappa shape index (κ2) is 15.3. The summed E-state index contributed by atoms with van der Waals surface area (Å²) in [6, 6.07) is 86.9. The van der Waals surface area contributed by atoms with Gasteiger partial charge in [0, 0.05) is 49.9 Å². The average Bonchev–Trinajstić information content (AvgIpc) is 3.92. The fraction of sp³-hybridized carbons (Fsp3) is 0. The fourth-order valence-corrected chi connectivity index (χ4v) is 9.43. The van der Waals surface area contributed by atoms with E-state index in [1.807, 2.05) is 6.07 Å². The zero-order valence-electron chi connectivity index (χ0n) is 34.4. The maximum absolute atomic E-state index is 6.61. The van der Waals surface area contributed by atoms with Crippen LogP contribution in [0.4, 0.5) is 17.1 Å². The maximum Gasteiger partial charge on any atom is 0.143 e. The van der Waals surface area contributed by atoms with Crippen LogP contribution in [0.5, 0.6) is 0 Å². The minimum atomic E-state index is 0.885. The number of para-hydroxylation sites is 3. The molecule has 0 radical (unpaired) electrons. The summed E-state index contributed by atoms with van der Waals surface area (Å²) in [4.78, 5) is 2.34. The third kappa shape index (κ3) is 6.38. The van der Waals surface area contributed by atoms with Crippen LogP contribution < -0.4 is 4.90 Å². The largest absolute Gasteiger partial charge is 0.455 e. The Morgan fingerprint density at radius 1 is 0.317 bits per heavy atom. The first-order valence-corrected chi connectivity index (χ1v) is 21.5. The van der Waals surface area contributed by atoms with E-state index in [4.69, 9.17) is 4.42 Å². The van der Waals surface area contributed by atoms with Crippen molar-refractivity contribution in [1.82, 2.24) is 4.57 Å². The summed E-state index contributed by atoms with van der Waals surface area (Å²) in [5.41, 5.74) is 17.8. The molecule has 0 unspecified atom stereocenters. The van der Waals surface area contributed by atoms with Gasteiger partial charge >= 0.3 is 0 Å². The van der Waals surface area contributed by atoms with E-state index < -0.39 is 0 Å². The Bertz CT molecular complexity index is 3530. The monoisotopic (exact) mass is 804 g/mol. The highest BCUT2D eigenvalue weighted by molar-refractivity contribution is 6.15. The van der Waals surface area contributed by atoms with E-state index in [0.29, 0.717) is 0 Å². The zero-order chi connectivity index (χ0) is 41.7. The van der Waals surface area contributed by atoms with Crippen molar-refractivity contribution in [1.29, 1.82) is 0 Å². The van der Waals surface area contributed by atoms with Gasteiger partial charge in [-0.2, -0.15) is 0 Å². The maximum atomic E-state index is 6.61. The standard InChI is InChI=1S/C60H40N2O/c1-3-14-41(15-4-1)42-28-34-47(35-29-42)61(48-36-30-43(31-37-48)46-18-11-19-50(40-46)62-56-25-9-7-20-53(56)54-21-8-10-26-57(54)62)49-38-32-45(33-39-49)51-22-13-27-58-59(51)55-24-12-23-52(60(55)63-58)44-16-5-2-6-17-44/h1-40H. The first-order chi connectivity index (χ1) is 31.2. The molecule has 0 aliphatic carbocycles. The number of hydrogen-bond acceptors (Lipinski definition) is 2. The van der Waals surface area contributed by atoms with Crippen LogP contribution in [0.15, 0.2) is 247 Å². The number of hydrogen-bond donors (Lipinski definition) is 0. The highest BCUT2D eigenvalue weighted by Gasteiger charge is 2.18. The molecular weight excluding hydrogens is 765 g/mol. The molecule has 296 valence electrons. The number of aromatic nitrogens is 1. The highest BCUT2D eigenvalue weighted by Crippen LogP contribution is 2.43. The van der Waals surface area contributed by atoms with Crippen LogP contribution in [-0.2, 0) is 0 Å². The Morgan fingerprint density at radius 3 is 1.40 bits per heavy atom. The summed E-state index contributed by atoms with van der Waals surface area (Å²) in [5, 5.41) is 4.77. The second-order valence-electron chi connectivity index (χ2n) is 16.1. The molecule has 10 aromatic carbocycles. The van der Waals surface area contributed by atoms with Gasteiger partial charge in [-0.15, -0.1) is 0 Å². The Hall–Kier alpha value is -8.40. The van der Waals surface area contributed by atoms with Crippen molar-refractivity contribution in [2.75, 3.05) is 4.90 Å². The second-order valence-corrected chi connectivity index (χ2v) is 16.1. The van der Waals surface area contributed by atoms with Crippen LogP contribution >= 0.6 is 0 Å². The SMILES string of the molecule is c1ccc(-c2ccc(N(c3ccc(-c4cccc(-n5c6ccccc6c6ccccc65)c4)cc3)c3ccc(-c4cccc5oc6c(-c7ccccc7)cccc6c45)cc3)cc2)cc1. The van der Waals surface area contributed by atoms with Gasteiger partial charge < -0.3 is 13.9 Å². The van der Waals surface area contributed by atoms with Crippen LogP contribution in [-0.4, -0.2) is 4.57 Å². The topological polar surface area (TPSA) is 21.3 Å². The molecule has 3 heteroatoms. The minimum Gasteiger partial charge on any atom is -0.455 e. The van der Waals surface area contributed by atoms with Gasteiger partial charge in [0.1, 0.15) is 11.2 Å². The van der Waals surface area contributed by atoms with Crippen molar-refractivity contribution in [3.05, 3.63) is 243 Å². The average molecular weight is 805 g/mol. The molecule has 0 saturated carbocycles. The number of anilines is 3. The van der Waals surface area contributed by atoms with Gasteiger partial charge in [-0.05, 0) is 106 Å².